The molecule has 0 unspecified atom stereocenters. The largest absolute Gasteiger partial charge is 0.506 e. The predicted molar refractivity (Wildman–Crippen MR) is 59.7 cm³/mol. The third-order valence-corrected chi connectivity index (χ3v) is 3.83. The molecule has 0 spiro atoms. The fraction of sp³-hybridized carbons (Fsp3) is 0.111. The first-order chi connectivity index (χ1) is 6.24. The maximum absolute atomic E-state index is 9.55. The number of hydrogen-bond acceptors (Lipinski definition) is 4. The molecule has 0 saturated carbocycles. The minimum atomic E-state index is 0.314. The van der Waals surface area contributed by atoms with Crippen LogP contribution in [0.4, 0.5) is 5.69 Å². The van der Waals surface area contributed by atoms with Gasteiger partial charge in [0.2, 0.25) is 0 Å². The summed E-state index contributed by atoms with van der Waals surface area (Å²) in [5.74, 6) is 0.314. The maximum Gasteiger partial charge on any atom is 0.133 e. The molecule has 13 heavy (non-hydrogen) atoms. The predicted octanol–water partition coefficient (Wildman–Crippen LogP) is 2.91. The van der Waals surface area contributed by atoms with Crippen LogP contribution in [-0.4, -0.2) is 11.4 Å². The zero-order valence-corrected chi connectivity index (χ0v) is 8.71. The van der Waals surface area contributed by atoms with E-state index >= 15 is 0 Å². The van der Waals surface area contributed by atoms with E-state index in [9.17, 15) is 5.11 Å². The van der Waals surface area contributed by atoms with Gasteiger partial charge in [0.1, 0.15) is 5.75 Å². The van der Waals surface area contributed by atoms with Crippen molar-refractivity contribution < 1.29 is 5.11 Å². The van der Waals surface area contributed by atoms with Crippen LogP contribution in [-0.2, 0) is 0 Å². The maximum atomic E-state index is 9.55. The van der Waals surface area contributed by atoms with Crippen LogP contribution < -0.4 is 5.73 Å². The molecule has 68 valence electrons. The number of thioether (sulfide) groups is 1. The van der Waals surface area contributed by atoms with E-state index in [1.54, 1.807) is 23.9 Å². The molecule has 2 nitrogen and oxygen atoms in total. The van der Waals surface area contributed by atoms with Crippen LogP contribution in [0.5, 0.6) is 5.75 Å². The Bertz CT molecular complexity index is 450. The number of anilines is 1. The number of phenols is 1. The first kappa shape index (κ1) is 8.72. The van der Waals surface area contributed by atoms with E-state index in [4.69, 9.17) is 5.73 Å². The summed E-state index contributed by atoms with van der Waals surface area (Å²) in [7, 11) is 0. The van der Waals surface area contributed by atoms with E-state index in [2.05, 4.69) is 0 Å². The monoisotopic (exact) mass is 211 g/mol. The van der Waals surface area contributed by atoms with Crippen molar-refractivity contribution in [1.29, 1.82) is 0 Å². The van der Waals surface area contributed by atoms with Gasteiger partial charge < -0.3 is 10.8 Å². The highest BCUT2D eigenvalue weighted by Gasteiger charge is 2.09. The molecular weight excluding hydrogens is 202 g/mol. The molecule has 0 bridgehead atoms. The van der Waals surface area contributed by atoms with Crippen LogP contribution >= 0.6 is 23.1 Å². The van der Waals surface area contributed by atoms with Gasteiger partial charge in [0.05, 0.1) is 4.70 Å². The molecule has 2 aromatic rings. The zero-order chi connectivity index (χ0) is 9.42. The number of aromatic hydroxyl groups is 1. The lowest BCUT2D eigenvalue weighted by atomic mass is 10.2. The summed E-state index contributed by atoms with van der Waals surface area (Å²) in [6.45, 7) is 0. The summed E-state index contributed by atoms with van der Waals surface area (Å²) in [5.41, 5.74) is 6.56. The normalized spacial score (nSPS) is 10.8. The molecule has 0 fully saturated rings. The van der Waals surface area contributed by atoms with Gasteiger partial charge in [-0.3, -0.25) is 0 Å². The van der Waals surface area contributed by atoms with E-state index < -0.39 is 0 Å². The minimum absolute atomic E-state index is 0.314. The van der Waals surface area contributed by atoms with Crippen molar-refractivity contribution in [2.45, 2.75) is 4.90 Å². The molecule has 1 aromatic carbocycles. The Hall–Kier alpha value is -0.870. The fourth-order valence-electron chi connectivity index (χ4n) is 1.28. The highest BCUT2D eigenvalue weighted by atomic mass is 32.2. The van der Waals surface area contributed by atoms with Crippen molar-refractivity contribution in [2.24, 2.45) is 0 Å². The first-order valence-electron chi connectivity index (χ1n) is 3.76. The van der Waals surface area contributed by atoms with Crippen molar-refractivity contribution >= 4 is 38.9 Å². The zero-order valence-electron chi connectivity index (χ0n) is 7.07. The Morgan fingerprint density at radius 1 is 1.46 bits per heavy atom. The molecule has 0 aliphatic rings. The van der Waals surface area contributed by atoms with Gasteiger partial charge in [-0.2, -0.15) is 0 Å². The summed E-state index contributed by atoms with van der Waals surface area (Å²) in [4.78, 5) is 1.13. The fourth-order valence-corrected chi connectivity index (χ4v) is 3.18. The van der Waals surface area contributed by atoms with Gasteiger partial charge in [-0.15, -0.1) is 23.1 Å². The molecule has 0 aliphatic heterocycles. The molecule has 1 aromatic heterocycles. The second-order valence-corrected chi connectivity index (χ2v) is 4.41. The molecule has 0 amide bonds. The quantitative estimate of drug-likeness (QED) is 0.433. The van der Waals surface area contributed by atoms with Gasteiger partial charge in [-0.1, -0.05) is 0 Å². The van der Waals surface area contributed by atoms with E-state index in [0.29, 0.717) is 5.75 Å². The average Bonchev–Trinajstić information content (AvgIpc) is 2.56. The molecule has 2 rings (SSSR count). The SMILES string of the molecule is CSc1csc2c(O)ccc(N)c12. The number of nitrogens with two attached hydrogens (primary N) is 1. The number of nitrogen functional groups attached to an aromatic ring is 1. The Kier molecular flexibility index (Phi) is 2.09. The number of rotatable bonds is 1. The Labute approximate surface area is 84.4 Å². The summed E-state index contributed by atoms with van der Waals surface area (Å²) in [5, 5.41) is 12.6. The topological polar surface area (TPSA) is 46.2 Å². The minimum Gasteiger partial charge on any atom is -0.506 e. The van der Waals surface area contributed by atoms with Crippen LogP contribution in [0.15, 0.2) is 22.4 Å². The number of fused-ring (bicyclic) bond motifs is 1. The second kappa shape index (κ2) is 3.12. The van der Waals surface area contributed by atoms with Crippen LogP contribution in [0.1, 0.15) is 0 Å². The summed E-state index contributed by atoms with van der Waals surface area (Å²) >= 11 is 3.18. The number of thiophene rings is 1. The molecular formula is C9H9NOS2. The summed E-state index contributed by atoms with van der Waals surface area (Å²) in [6.07, 6.45) is 2.00. The average molecular weight is 211 g/mol. The highest BCUT2D eigenvalue weighted by Crippen LogP contribution is 2.40. The van der Waals surface area contributed by atoms with E-state index in [-0.39, 0.29) is 0 Å². The van der Waals surface area contributed by atoms with Gasteiger partial charge in [-0.25, -0.2) is 0 Å². The Morgan fingerprint density at radius 3 is 2.92 bits per heavy atom. The standard InChI is InChI=1S/C9H9NOS2/c1-12-7-4-13-9-6(11)3-2-5(10)8(7)9/h2-4,11H,10H2,1H3. The lowest BCUT2D eigenvalue weighted by molar-refractivity contribution is 0.482. The second-order valence-electron chi connectivity index (χ2n) is 2.68. The van der Waals surface area contributed by atoms with Gasteiger partial charge in [0.25, 0.3) is 0 Å². The van der Waals surface area contributed by atoms with Gasteiger partial charge >= 0.3 is 0 Å². The van der Waals surface area contributed by atoms with Crippen LogP contribution in [0.3, 0.4) is 0 Å². The smallest absolute Gasteiger partial charge is 0.133 e. The van der Waals surface area contributed by atoms with E-state index in [1.807, 2.05) is 11.6 Å². The molecule has 1 heterocycles. The molecule has 4 heteroatoms. The van der Waals surface area contributed by atoms with Crippen LogP contribution in [0.2, 0.25) is 0 Å². The van der Waals surface area contributed by atoms with Crippen molar-refractivity contribution in [1.82, 2.24) is 0 Å². The first-order valence-corrected chi connectivity index (χ1v) is 5.87. The molecule has 0 radical (unpaired) electrons. The summed E-state index contributed by atoms with van der Waals surface area (Å²) in [6, 6.07) is 3.38. The van der Waals surface area contributed by atoms with Gasteiger partial charge in [0, 0.05) is 21.3 Å². The van der Waals surface area contributed by atoms with Crippen LogP contribution in [0.25, 0.3) is 10.1 Å². The number of phenolic OH excluding ortho intramolecular Hbond substituents is 1. The molecule has 0 atom stereocenters. The summed E-state index contributed by atoms with van der Waals surface area (Å²) < 4.78 is 0.879. The van der Waals surface area contributed by atoms with E-state index in [0.717, 1.165) is 20.7 Å². The van der Waals surface area contributed by atoms with Crippen LogP contribution in [0, 0.1) is 0 Å². The molecule has 3 N–H and O–H groups in total. The molecule has 0 saturated heterocycles. The van der Waals surface area contributed by atoms with Crippen molar-refractivity contribution in [3.05, 3.63) is 17.5 Å². The lowest BCUT2D eigenvalue weighted by Gasteiger charge is -2.00. The third-order valence-electron chi connectivity index (χ3n) is 1.92. The van der Waals surface area contributed by atoms with Crippen molar-refractivity contribution in [3.8, 4) is 5.75 Å². The van der Waals surface area contributed by atoms with Crippen molar-refractivity contribution in [2.75, 3.05) is 12.0 Å². The van der Waals surface area contributed by atoms with Gasteiger partial charge in [-0.05, 0) is 18.4 Å². The number of benzene rings is 1. The molecule has 0 aliphatic carbocycles. The number of hydrogen-bond donors (Lipinski definition) is 2. The lowest BCUT2D eigenvalue weighted by Crippen LogP contribution is -1.84. The Balaban J connectivity index is 2.87. The van der Waals surface area contributed by atoms with Crippen molar-refractivity contribution in [3.63, 3.8) is 0 Å². The third kappa shape index (κ3) is 1.26. The van der Waals surface area contributed by atoms with Gasteiger partial charge in [0.15, 0.2) is 0 Å². The van der Waals surface area contributed by atoms with E-state index in [1.165, 1.54) is 11.3 Å². The highest BCUT2D eigenvalue weighted by molar-refractivity contribution is 7.99. The Morgan fingerprint density at radius 2 is 2.23 bits per heavy atom.